The van der Waals surface area contributed by atoms with E-state index in [-0.39, 0.29) is 0 Å². The molecule has 1 saturated carbocycles. The number of aryl methyl sites for hydroxylation is 1. The van der Waals surface area contributed by atoms with Crippen molar-refractivity contribution in [1.29, 1.82) is 5.26 Å². The van der Waals surface area contributed by atoms with Gasteiger partial charge in [0.25, 0.3) is 0 Å². The number of H-pyrrole nitrogens is 1. The topological polar surface area (TPSA) is 39.6 Å². The number of nitrogens with zero attached hydrogens (tertiary/aromatic N) is 1. The Bertz CT molecular complexity index is 580. The molecule has 1 aliphatic carbocycles. The number of nitriles is 1. The Kier molecular flexibility index (Phi) is 2.26. The summed E-state index contributed by atoms with van der Waals surface area (Å²) in [5.74, 6) is 0.751. The van der Waals surface area contributed by atoms with Gasteiger partial charge >= 0.3 is 0 Å². The highest BCUT2D eigenvalue weighted by Gasteiger charge is 2.25. The highest BCUT2D eigenvalue weighted by atomic mass is 14.7. The van der Waals surface area contributed by atoms with Gasteiger partial charge in [-0.05, 0) is 49.4 Å². The zero-order valence-electron chi connectivity index (χ0n) is 9.83. The van der Waals surface area contributed by atoms with E-state index in [1.165, 1.54) is 35.4 Å². The first-order chi connectivity index (χ1) is 8.28. The van der Waals surface area contributed by atoms with Gasteiger partial charge in [-0.25, -0.2) is 0 Å². The third-order valence-electron chi connectivity index (χ3n) is 3.38. The van der Waals surface area contributed by atoms with E-state index in [4.69, 9.17) is 5.26 Å². The highest BCUT2D eigenvalue weighted by molar-refractivity contribution is 5.68. The van der Waals surface area contributed by atoms with Crippen LogP contribution in [0.15, 0.2) is 30.3 Å². The monoisotopic (exact) mass is 222 g/mol. The molecule has 0 amide bonds. The minimum atomic E-state index is 0.712. The van der Waals surface area contributed by atoms with Gasteiger partial charge in [0, 0.05) is 17.0 Å². The van der Waals surface area contributed by atoms with Gasteiger partial charge < -0.3 is 4.98 Å². The van der Waals surface area contributed by atoms with Crippen molar-refractivity contribution in [3.05, 3.63) is 47.3 Å². The molecule has 2 nitrogen and oxygen atoms in total. The fourth-order valence-electron chi connectivity index (χ4n) is 2.22. The van der Waals surface area contributed by atoms with E-state index < -0.39 is 0 Å². The molecule has 1 aliphatic rings. The smallest absolute Gasteiger partial charge is 0.0991 e. The Labute approximate surface area is 101 Å². The molecule has 2 heteroatoms. The van der Waals surface area contributed by atoms with Crippen molar-refractivity contribution in [3.63, 3.8) is 0 Å². The quantitative estimate of drug-likeness (QED) is 0.826. The molecule has 0 atom stereocenters. The van der Waals surface area contributed by atoms with Crippen molar-refractivity contribution < 1.29 is 0 Å². The fraction of sp³-hybridized carbons (Fsp3) is 0.267. The van der Waals surface area contributed by atoms with E-state index in [9.17, 15) is 0 Å². The largest absolute Gasteiger partial charge is 0.362 e. The molecule has 0 aliphatic heterocycles. The lowest BCUT2D eigenvalue weighted by atomic mass is 10.0. The van der Waals surface area contributed by atoms with Crippen LogP contribution in [0.25, 0.3) is 11.1 Å². The predicted molar refractivity (Wildman–Crippen MR) is 67.7 cm³/mol. The summed E-state index contributed by atoms with van der Waals surface area (Å²) in [6.07, 6.45) is 2.62. The summed E-state index contributed by atoms with van der Waals surface area (Å²) in [6.45, 7) is 2.11. The van der Waals surface area contributed by atoms with Crippen LogP contribution < -0.4 is 0 Å². The predicted octanol–water partition coefficient (Wildman–Crippen LogP) is 3.74. The normalized spacial score (nSPS) is 14.6. The molecule has 0 unspecified atom stereocenters. The molecular formula is C15H14N2. The summed E-state index contributed by atoms with van der Waals surface area (Å²) in [5, 5.41) is 8.78. The summed E-state index contributed by atoms with van der Waals surface area (Å²) >= 11 is 0. The van der Waals surface area contributed by atoms with Crippen LogP contribution >= 0.6 is 0 Å². The third-order valence-corrected chi connectivity index (χ3v) is 3.38. The molecule has 0 spiro atoms. The number of rotatable bonds is 2. The summed E-state index contributed by atoms with van der Waals surface area (Å²) in [4.78, 5) is 3.47. The second kappa shape index (κ2) is 3.78. The van der Waals surface area contributed by atoms with Crippen LogP contribution in [-0.2, 0) is 0 Å². The summed E-state index contributed by atoms with van der Waals surface area (Å²) in [7, 11) is 0. The number of hydrogen-bond donors (Lipinski definition) is 1. The zero-order valence-corrected chi connectivity index (χ0v) is 9.83. The maximum Gasteiger partial charge on any atom is 0.0991 e. The molecule has 0 radical (unpaired) electrons. The maximum atomic E-state index is 8.78. The first-order valence-corrected chi connectivity index (χ1v) is 5.98. The van der Waals surface area contributed by atoms with Crippen LogP contribution in [0.1, 0.15) is 35.7 Å². The summed E-state index contributed by atoms with van der Waals surface area (Å²) < 4.78 is 0. The Morgan fingerprint density at radius 2 is 1.94 bits per heavy atom. The number of aromatic nitrogens is 1. The Balaban J connectivity index is 1.99. The molecule has 0 saturated heterocycles. The number of benzene rings is 1. The molecule has 3 rings (SSSR count). The highest BCUT2D eigenvalue weighted by Crippen LogP contribution is 2.41. The zero-order chi connectivity index (χ0) is 11.8. The van der Waals surface area contributed by atoms with Crippen molar-refractivity contribution in [2.75, 3.05) is 0 Å². The van der Waals surface area contributed by atoms with Crippen molar-refractivity contribution in [1.82, 2.24) is 4.98 Å². The summed E-state index contributed by atoms with van der Waals surface area (Å²) in [6, 6.07) is 12.2. The molecule has 84 valence electrons. The van der Waals surface area contributed by atoms with Crippen LogP contribution in [0.3, 0.4) is 0 Å². The van der Waals surface area contributed by atoms with E-state index in [1.807, 2.05) is 24.3 Å². The molecule has 17 heavy (non-hydrogen) atoms. The van der Waals surface area contributed by atoms with Crippen LogP contribution in [-0.4, -0.2) is 4.98 Å². The first kappa shape index (κ1) is 10.2. The lowest BCUT2D eigenvalue weighted by Gasteiger charge is -1.99. The molecule has 1 aromatic carbocycles. The molecule has 1 fully saturated rings. The van der Waals surface area contributed by atoms with E-state index in [1.54, 1.807) is 0 Å². The van der Waals surface area contributed by atoms with E-state index in [0.29, 0.717) is 5.56 Å². The fourth-order valence-corrected chi connectivity index (χ4v) is 2.22. The van der Waals surface area contributed by atoms with Crippen LogP contribution in [0.4, 0.5) is 0 Å². The summed E-state index contributed by atoms with van der Waals surface area (Å²) in [5.41, 5.74) is 5.74. The van der Waals surface area contributed by atoms with Crippen LogP contribution in [0, 0.1) is 18.3 Å². The van der Waals surface area contributed by atoms with Gasteiger partial charge in [-0.2, -0.15) is 5.26 Å². The SMILES string of the molecule is Cc1[nH]c(C2CC2)cc1-c1ccc(C#N)cc1. The van der Waals surface area contributed by atoms with Gasteiger partial charge in [-0.1, -0.05) is 12.1 Å². The van der Waals surface area contributed by atoms with Gasteiger partial charge in [-0.3, -0.25) is 0 Å². The molecule has 0 bridgehead atoms. The van der Waals surface area contributed by atoms with Crippen molar-refractivity contribution in [2.24, 2.45) is 0 Å². The lowest BCUT2D eigenvalue weighted by Crippen LogP contribution is -1.80. The molecular weight excluding hydrogens is 208 g/mol. The van der Waals surface area contributed by atoms with Gasteiger partial charge in [0.15, 0.2) is 0 Å². The number of nitrogens with one attached hydrogen (secondary N) is 1. The average molecular weight is 222 g/mol. The van der Waals surface area contributed by atoms with Gasteiger partial charge in [0.05, 0.1) is 11.6 Å². The van der Waals surface area contributed by atoms with Gasteiger partial charge in [0.1, 0.15) is 0 Å². The molecule has 1 heterocycles. The minimum Gasteiger partial charge on any atom is -0.362 e. The standard InChI is InChI=1S/C15H14N2/c1-10-14(8-15(17-10)13-6-7-13)12-4-2-11(9-16)3-5-12/h2-5,8,13,17H,6-7H2,1H3. The van der Waals surface area contributed by atoms with E-state index in [2.05, 4.69) is 24.0 Å². The average Bonchev–Trinajstić information content (AvgIpc) is 3.13. The van der Waals surface area contributed by atoms with Crippen molar-refractivity contribution in [2.45, 2.75) is 25.7 Å². The Morgan fingerprint density at radius 1 is 1.24 bits per heavy atom. The Morgan fingerprint density at radius 3 is 2.53 bits per heavy atom. The second-order valence-corrected chi connectivity index (χ2v) is 4.73. The molecule has 1 N–H and O–H groups in total. The lowest BCUT2D eigenvalue weighted by molar-refractivity contribution is 1.03. The van der Waals surface area contributed by atoms with Gasteiger partial charge in [0.2, 0.25) is 0 Å². The molecule has 2 aromatic rings. The Hall–Kier alpha value is -2.01. The minimum absolute atomic E-state index is 0.712. The van der Waals surface area contributed by atoms with Crippen molar-refractivity contribution in [3.8, 4) is 17.2 Å². The van der Waals surface area contributed by atoms with Crippen LogP contribution in [0.2, 0.25) is 0 Å². The van der Waals surface area contributed by atoms with Crippen molar-refractivity contribution >= 4 is 0 Å². The maximum absolute atomic E-state index is 8.78. The van der Waals surface area contributed by atoms with Crippen LogP contribution in [0.5, 0.6) is 0 Å². The van der Waals surface area contributed by atoms with E-state index >= 15 is 0 Å². The number of aromatic amines is 1. The first-order valence-electron chi connectivity index (χ1n) is 5.98. The van der Waals surface area contributed by atoms with E-state index in [0.717, 1.165) is 5.92 Å². The second-order valence-electron chi connectivity index (χ2n) is 4.73. The third kappa shape index (κ3) is 1.85. The van der Waals surface area contributed by atoms with Gasteiger partial charge in [-0.15, -0.1) is 0 Å². The molecule has 1 aromatic heterocycles. The number of hydrogen-bond acceptors (Lipinski definition) is 1.